The Kier molecular flexibility index (Phi) is 4.39. The molecule has 0 saturated heterocycles. The molecule has 7 rings (SSSR count). The number of ether oxygens (including phenoxy) is 1. The topological polar surface area (TPSA) is 9.23 Å². The van der Waals surface area contributed by atoms with Crippen LogP contribution in [-0.4, -0.2) is 0 Å². The van der Waals surface area contributed by atoms with Gasteiger partial charge in [-0.2, -0.15) is 0 Å². The molecule has 0 aromatic heterocycles. The Hall–Kier alpha value is -4.10. The second-order valence-electron chi connectivity index (χ2n) is 10.7. The molecule has 1 atom stereocenters. The van der Waals surface area contributed by atoms with E-state index >= 15 is 0 Å². The highest BCUT2D eigenvalue weighted by atomic mass is 16.5. The second kappa shape index (κ2) is 7.45. The SMILES string of the molecule is CC1(C)c2ccccc2-c2ccc(-c3cccc4c3Oc3ccccc3C4(C)c3ccccc3)cc21. The lowest BCUT2D eigenvalue weighted by Gasteiger charge is -2.39. The van der Waals surface area contributed by atoms with E-state index in [2.05, 4.69) is 136 Å². The van der Waals surface area contributed by atoms with Gasteiger partial charge in [-0.3, -0.25) is 0 Å². The molecule has 0 N–H and O–H groups in total. The molecular weight excluding hydrogens is 436 g/mol. The molecule has 0 saturated carbocycles. The maximum Gasteiger partial charge on any atom is 0.139 e. The van der Waals surface area contributed by atoms with E-state index in [0.717, 1.165) is 17.1 Å². The molecule has 1 unspecified atom stereocenters. The monoisotopic (exact) mass is 464 g/mol. The highest BCUT2D eigenvalue weighted by Crippen LogP contribution is 2.55. The lowest BCUT2D eigenvalue weighted by Crippen LogP contribution is -2.29. The summed E-state index contributed by atoms with van der Waals surface area (Å²) in [6.07, 6.45) is 0. The molecule has 174 valence electrons. The van der Waals surface area contributed by atoms with Gasteiger partial charge in [-0.05, 0) is 52.4 Å². The van der Waals surface area contributed by atoms with Gasteiger partial charge in [0.25, 0.3) is 0 Å². The minimum absolute atomic E-state index is 0.0389. The first kappa shape index (κ1) is 21.2. The Labute approximate surface area is 213 Å². The van der Waals surface area contributed by atoms with Gasteiger partial charge in [0.05, 0.1) is 0 Å². The summed E-state index contributed by atoms with van der Waals surface area (Å²) in [5.41, 5.74) is 11.1. The molecule has 1 aliphatic heterocycles. The maximum absolute atomic E-state index is 6.71. The van der Waals surface area contributed by atoms with Gasteiger partial charge in [0.1, 0.15) is 11.5 Å². The van der Waals surface area contributed by atoms with Crippen LogP contribution in [0.2, 0.25) is 0 Å². The fourth-order valence-corrected chi connectivity index (χ4v) is 6.45. The van der Waals surface area contributed by atoms with E-state index in [4.69, 9.17) is 4.74 Å². The molecule has 1 nitrogen and oxygen atoms in total. The van der Waals surface area contributed by atoms with E-state index in [1.54, 1.807) is 0 Å². The highest BCUT2D eigenvalue weighted by molar-refractivity contribution is 5.85. The second-order valence-corrected chi connectivity index (χ2v) is 10.7. The van der Waals surface area contributed by atoms with Crippen molar-refractivity contribution in [2.45, 2.75) is 31.6 Å². The normalized spacial score (nSPS) is 18.4. The molecule has 2 aliphatic rings. The third-order valence-electron chi connectivity index (χ3n) is 8.44. The smallest absolute Gasteiger partial charge is 0.139 e. The molecule has 0 amide bonds. The van der Waals surface area contributed by atoms with Crippen molar-refractivity contribution < 1.29 is 4.74 Å². The molecule has 0 radical (unpaired) electrons. The van der Waals surface area contributed by atoms with Crippen molar-refractivity contribution in [3.05, 3.63) is 143 Å². The third kappa shape index (κ3) is 2.77. The van der Waals surface area contributed by atoms with Crippen molar-refractivity contribution in [2.75, 3.05) is 0 Å². The molecular formula is C35H28O. The molecule has 1 heterocycles. The van der Waals surface area contributed by atoms with Crippen molar-refractivity contribution >= 4 is 0 Å². The summed E-state index contributed by atoms with van der Waals surface area (Å²) in [6.45, 7) is 7.00. The summed E-state index contributed by atoms with van der Waals surface area (Å²) in [7, 11) is 0. The van der Waals surface area contributed by atoms with Crippen LogP contribution in [-0.2, 0) is 10.8 Å². The van der Waals surface area contributed by atoms with Gasteiger partial charge in [0, 0.05) is 27.5 Å². The highest BCUT2D eigenvalue weighted by Gasteiger charge is 2.41. The third-order valence-corrected chi connectivity index (χ3v) is 8.44. The lowest BCUT2D eigenvalue weighted by molar-refractivity contribution is 0.429. The Morgan fingerprint density at radius 2 is 1.14 bits per heavy atom. The zero-order chi connectivity index (χ0) is 24.5. The Balaban J connectivity index is 1.45. The summed E-state index contributed by atoms with van der Waals surface area (Å²) >= 11 is 0. The fraction of sp³-hybridized carbons (Fsp3) is 0.143. The zero-order valence-corrected chi connectivity index (χ0v) is 20.9. The molecule has 0 fully saturated rings. The molecule has 5 aromatic carbocycles. The van der Waals surface area contributed by atoms with Crippen molar-refractivity contribution in [2.24, 2.45) is 0 Å². The molecule has 0 spiro atoms. The average molecular weight is 465 g/mol. The van der Waals surface area contributed by atoms with Gasteiger partial charge in [-0.1, -0.05) is 117 Å². The minimum atomic E-state index is -0.312. The first-order valence-electron chi connectivity index (χ1n) is 12.7. The van der Waals surface area contributed by atoms with Crippen LogP contribution in [0.3, 0.4) is 0 Å². The van der Waals surface area contributed by atoms with Crippen LogP contribution in [0.4, 0.5) is 0 Å². The Morgan fingerprint density at radius 1 is 0.500 bits per heavy atom. The summed E-state index contributed by atoms with van der Waals surface area (Å²) in [6, 6.07) is 41.6. The van der Waals surface area contributed by atoms with Gasteiger partial charge < -0.3 is 4.74 Å². The average Bonchev–Trinajstić information content (AvgIpc) is 3.15. The van der Waals surface area contributed by atoms with Crippen molar-refractivity contribution in [1.29, 1.82) is 0 Å². The number of fused-ring (bicyclic) bond motifs is 5. The van der Waals surface area contributed by atoms with Gasteiger partial charge in [0.2, 0.25) is 0 Å². The van der Waals surface area contributed by atoms with Crippen LogP contribution in [0.5, 0.6) is 11.5 Å². The van der Waals surface area contributed by atoms with Crippen molar-refractivity contribution in [3.8, 4) is 33.8 Å². The summed E-state index contributed by atoms with van der Waals surface area (Å²) in [5, 5.41) is 0. The van der Waals surface area contributed by atoms with Crippen LogP contribution in [0, 0.1) is 0 Å². The Morgan fingerprint density at radius 3 is 1.97 bits per heavy atom. The zero-order valence-electron chi connectivity index (χ0n) is 20.9. The molecule has 1 aliphatic carbocycles. The van der Waals surface area contributed by atoms with E-state index < -0.39 is 0 Å². The maximum atomic E-state index is 6.71. The number of hydrogen-bond donors (Lipinski definition) is 0. The van der Waals surface area contributed by atoms with Crippen LogP contribution >= 0.6 is 0 Å². The standard InChI is InChI=1S/C35H28O/c1-34(2)28-16-8-7-14-26(28)27-21-20-23(22-31(27)34)25-15-11-18-30-33(25)36-32-19-10-9-17-29(32)35(30,3)24-12-5-4-6-13-24/h4-22H,1-3H3. The Bertz CT molecular complexity index is 1640. The first-order valence-corrected chi connectivity index (χ1v) is 12.7. The number of benzene rings is 5. The number of para-hydroxylation sites is 2. The predicted octanol–water partition coefficient (Wildman–Crippen LogP) is 9.12. The van der Waals surface area contributed by atoms with Crippen LogP contribution in [0.1, 0.15) is 48.6 Å². The van der Waals surface area contributed by atoms with E-state index in [1.807, 2.05) is 0 Å². The minimum Gasteiger partial charge on any atom is -0.456 e. The van der Waals surface area contributed by atoms with E-state index in [1.165, 1.54) is 44.5 Å². The molecule has 1 heteroatoms. The molecule has 36 heavy (non-hydrogen) atoms. The van der Waals surface area contributed by atoms with Crippen molar-refractivity contribution in [3.63, 3.8) is 0 Å². The predicted molar refractivity (Wildman–Crippen MR) is 148 cm³/mol. The van der Waals surface area contributed by atoms with Gasteiger partial charge in [-0.15, -0.1) is 0 Å². The van der Waals surface area contributed by atoms with Crippen LogP contribution in [0.25, 0.3) is 22.3 Å². The molecule has 0 bridgehead atoms. The lowest BCUT2D eigenvalue weighted by atomic mass is 9.68. The van der Waals surface area contributed by atoms with E-state index in [-0.39, 0.29) is 10.8 Å². The number of rotatable bonds is 2. The van der Waals surface area contributed by atoms with Gasteiger partial charge in [-0.25, -0.2) is 0 Å². The quantitative estimate of drug-likeness (QED) is 0.253. The van der Waals surface area contributed by atoms with Crippen molar-refractivity contribution in [1.82, 2.24) is 0 Å². The van der Waals surface area contributed by atoms with E-state index in [0.29, 0.717) is 0 Å². The summed E-state index contributed by atoms with van der Waals surface area (Å²) in [5.74, 6) is 1.88. The first-order chi connectivity index (χ1) is 17.5. The van der Waals surface area contributed by atoms with E-state index in [9.17, 15) is 0 Å². The largest absolute Gasteiger partial charge is 0.456 e. The van der Waals surface area contributed by atoms with Gasteiger partial charge in [0.15, 0.2) is 0 Å². The molecule has 5 aromatic rings. The van der Waals surface area contributed by atoms with Crippen LogP contribution in [0.15, 0.2) is 115 Å². The van der Waals surface area contributed by atoms with Gasteiger partial charge >= 0.3 is 0 Å². The summed E-state index contributed by atoms with van der Waals surface area (Å²) < 4.78 is 6.71. The van der Waals surface area contributed by atoms with Crippen LogP contribution < -0.4 is 4.74 Å². The fourth-order valence-electron chi connectivity index (χ4n) is 6.45. The number of hydrogen-bond acceptors (Lipinski definition) is 1. The summed E-state index contributed by atoms with van der Waals surface area (Å²) in [4.78, 5) is 0.